The van der Waals surface area contributed by atoms with Crippen LogP contribution in [0.2, 0.25) is 0 Å². The summed E-state index contributed by atoms with van der Waals surface area (Å²) in [5, 5.41) is 9.98. The third kappa shape index (κ3) is 5.42. The fourth-order valence-corrected chi connectivity index (χ4v) is 5.43. The fraction of sp³-hybridized carbons (Fsp3) is 0.368. The van der Waals surface area contributed by atoms with Gasteiger partial charge in [-0.25, -0.2) is 0 Å². The fourth-order valence-electron chi connectivity index (χ4n) is 2.98. The number of aromatic hydroxyl groups is 1. The summed E-state index contributed by atoms with van der Waals surface area (Å²) >= 11 is 0. The Morgan fingerprint density at radius 3 is 2.15 bits per heavy atom. The Bertz CT molecular complexity index is 982. The molecule has 2 aromatic carbocycles. The number of rotatable bonds is 6. The average molecular weight is 412 g/mol. The molecule has 0 amide bonds. The number of hydrogen-bond donors (Lipinski definition) is 2. The van der Waals surface area contributed by atoms with Gasteiger partial charge in [-0.2, -0.15) is 12.4 Å². The summed E-state index contributed by atoms with van der Waals surface area (Å²) in [6.07, 6.45) is 0.575. The van der Waals surface area contributed by atoms with Gasteiger partial charge < -0.3 is 10.00 Å². The lowest BCUT2D eigenvalue weighted by atomic mass is 9.93. The largest absolute Gasteiger partial charge is 0.508 e. The van der Waals surface area contributed by atoms with E-state index in [2.05, 4.69) is 3.97 Å². The molecule has 2 rings (SSSR count). The van der Waals surface area contributed by atoms with E-state index < -0.39 is 17.7 Å². The molecule has 0 aliphatic carbocycles. The second kappa shape index (κ2) is 7.76. The van der Waals surface area contributed by atoms with Crippen LogP contribution < -0.4 is 0 Å². The summed E-state index contributed by atoms with van der Waals surface area (Å²) in [6.45, 7) is 8.41. The Morgan fingerprint density at radius 1 is 1.11 bits per heavy atom. The predicted octanol–water partition coefficient (Wildman–Crippen LogP) is 4.24. The Balaban J connectivity index is 2.41. The molecule has 1 atom stereocenters. The van der Waals surface area contributed by atoms with Crippen molar-refractivity contribution in [3.63, 3.8) is 0 Å². The van der Waals surface area contributed by atoms with Crippen LogP contribution in [0.25, 0.3) is 0 Å². The molecular weight excluding hydrogens is 387 g/mol. The summed E-state index contributed by atoms with van der Waals surface area (Å²) in [5.41, 5.74) is 4.29. The quantitative estimate of drug-likeness (QED) is 0.688. The summed E-state index contributed by atoms with van der Waals surface area (Å²) < 4.78 is 40.1. The van der Waals surface area contributed by atoms with Crippen LogP contribution in [0.3, 0.4) is 0 Å². The van der Waals surface area contributed by atoms with Gasteiger partial charge in [-0.15, -0.1) is 0 Å². The molecule has 8 heteroatoms. The highest BCUT2D eigenvalue weighted by Gasteiger charge is 2.26. The van der Waals surface area contributed by atoms with Gasteiger partial charge in [0.25, 0.3) is 0 Å². The van der Waals surface area contributed by atoms with E-state index in [1.165, 1.54) is 12.1 Å². The molecular formula is C19H25O6PS. The van der Waals surface area contributed by atoms with E-state index in [4.69, 9.17) is 0 Å². The summed E-state index contributed by atoms with van der Waals surface area (Å²) in [4.78, 5) is 9.08. The van der Waals surface area contributed by atoms with Crippen LogP contribution in [0.5, 0.6) is 5.75 Å². The molecule has 2 aromatic rings. The molecule has 0 aliphatic rings. The molecule has 6 nitrogen and oxygen atoms in total. The van der Waals surface area contributed by atoms with Gasteiger partial charge in [0.1, 0.15) is 5.75 Å². The number of aryl methyl sites for hydroxylation is 2. The van der Waals surface area contributed by atoms with Crippen molar-refractivity contribution < 1.29 is 27.0 Å². The zero-order valence-electron chi connectivity index (χ0n) is 16.1. The minimum absolute atomic E-state index is 0.147. The van der Waals surface area contributed by atoms with Crippen LogP contribution in [0.1, 0.15) is 47.6 Å². The zero-order chi connectivity index (χ0) is 20.6. The minimum Gasteiger partial charge on any atom is -0.508 e. The highest BCUT2D eigenvalue weighted by Crippen LogP contribution is 2.41. The van der Waals surface area contributed by atoms with E-state index in [1.807, 2.05) is 26.0 Å². The van der Waals surface area contributed by atoms with Gasteiger partial charge in [0.15, 0.2) is 0 Å². The number of hydrogen-bond acceptors (Lipinski definition) is 5. The van der Waals surface area contributed by atoms with Gasteiger partial charge in [0.2, 0.25) is 0 Å². The Morgan fingerprint density at radius 2 is 1.67 bits per heavy atom. The van der Waals surface area contributed by atoms with Gasteiger partial charge in [-0.05, 0) is 72.2 Å². The van der Waals surface area contributed by atoms with Crippen molar-refractivity contribution in [1.29, 1.82) is 0 Å². The first-order valence-electron chi connectivity index (χ1n) is 8.48. The van der Waals surface area contributed by atoms with E-state index in [1.54, 1.807) is 19.9 Å². The molecule has 2 N–H and O–H groups in total. The molecule has 27 heavy (non-hydrogen) atoms. The normalized spacial score (nSPS) is 14.3. The first kappa shape index (κ1) is 21.6. The minimum atomic E-state index is -4.32. The van der Waals surface area contributed by atoms with E-state index in [0.717, 1.165) is 34.5 Å². The van der Waals surface area contributed by atoms with Crippen LogP contribution in [0, 0.1) is 13.8 Å². The van der Waals surface area contributed by atoms with Crippen molar-refractivity contribution in [2.75, 3.05) is 6.66 Å². The van der Waals surface area contributed by atoms with Crippen LogP contribution in [-0.4, -0.2) is 25.1 Å². The summed E-state index contributed by atoms with van der Waals surface area (Å²) in [5.74, 6) is 0.439. The van der Waals surface area contributed by atoms with Crippen molar-refractivity contribution in [2.24, 2.45) is 0 Å². The Hall–Kier alpha value is -1.66. The molecule has 0 bridgehead atoms. The lowest BCUT2D eigenvalue weighted by Crippen LogP contribution is -2.07. The first-order valence-corrected chi connectivity index (χ1v) is 11.9. The summed E-state index contributed by atoms with van der Waals surface area (Å²) in [7, 11) is -8.50. The molecule has 0 aliphatic heterocycles. The third-order valence-electron chi connectivity index (χ3n) is 4.29. The van der Waals surface area contributed by atoms with Crippen molar-refractivity contribution in [1.82, 2.24) is 0 Å². The molecule has 148 valence electrons. The first-order chi connectivity index (χ1) is 12.3. The molecule has 0 heterocycles. The third-order valence-corrected chi connectivity index (χ3v) is 6.99. The van der Waals surface area contributed by atoms with Crippen molar-refractivity contribution >= 4 is 17.7 Å². The zero-order valence-corrected chi connectivity index (χ0v) is 17.8. The SMILES string of the molecule is Cc1cc(S(=O)(=O)OP(C)(=O)O)cc(C)c1Cc1ccc(O)c(C(C)C)c1. The molecule has 0 aromatic heterocycles. The van der Waals surface area contributed by atoms with E-state index in [0.29, 0.717) is 6.42 Å². The predicted molar refractivity (Wildman–Crippen MR) is 105 cm³/mol. The van der Waals surface area contributed by atoms with Gasteiger partial charge >= 0.3 is 17.7 Å². The summed E-state index contributed by atoms with van der Waals surface area (Å²) in [6, 6.07) is 8.34. The average Bonchev–Trinajstić information content (AvgIpc) is 2.49. The van der Waals surface area contributed by atoms with Crippen LogP contribution in [0.15, 0.2) is 35.2 Å². The standard InChI is InChI=1S/C19H25O6PS/c1-12(2)17-10-15(6-7-19(17)20)11-18-13(3)8-16(9-14(18)4)27(23,24)25-26(5,21)22/h6-10,12,20H,11H2,1-5H3,(H,21,22). The Labute approximate surface area is 160 Å². The molecule has 0 saturated heterocycles. The number of phenols is 1. The second-order valence-corrected chi connectivity index (χ2v) is 10.7. The second-order valence-electron chi connectivity index (χ2n) is 7.09. The molecule has 0 spiro atoms. The lowest BCUT2D eigenvalue weighted by molar-refractivity contribution is 0.384. The Kier molecular flexibility index (Phi) is 6.22. The molecule has 0 fully saturated rings. The van der Waals surface area contributed by atoms with E-state index in [9.17, 15) is 23.0 Å². The van der Waals surface area contributed by atoms with E-state index >= 15 is 0 Å². The highest BCUT2D eigenvalue weighted by atomic mass is 32.2. The topological polar surface area (TPSA) is 101 Å². The highest BCUT2D eigenvalue weighted by molar-refractivity contribution is 7.91. The van der Waals surface area contributed by atoms with Crippen LogP contribution in [-0.2, 0) is 25.1 Å². The van der Waals surface area contributed by atoms with Crippen molar-refractivity contribution in [3.05, 3.63) is 58.1 Å². The number of phenolic OH excluding ortho intramolecular Hbond substituents is 1. The van der Waals surface area contributed by atoms with E-state index in [-0.39, 0.29) is 16.6 Å². The van der Waals surface area contributed by atoms with Gasteiger partial charge in [-0.3, -0.25) is 4.57 Å². The maximum Gasteiger partial charge on any atom is 0.339 e. The maximum atomic E-state index is 12.2. The monoisotopic (exact) mass is 412 g/mol. The smallest absolute Gasteiger partial charge is 0.339 e. The van der Waals surface area contributed by atoms with Crippen molar-refractivity contribution in [3.8, 4) is 5.75 Å². The van der Waals surface area contributed by atoms with Crippen LogP contribution in [0.4, 0.5) is 0 Å². The molecule has 1 unspecified atom stereocenters. The van der Waals surface area contributed by atoms with Gasteiger partial charge in [-0.1, -0.05) is 26.0 Å². The van der Waals surface area contributed by atoms with Gasteiger partial charge in [0, 0.05) is 6.66 Å². The maximum absolute atomic E-state index is 12.2. The molecule has 0 saturated carbocycles. The lowest BCUT2D eigenvalue weighted by Gasteiger charge is -2.15. The van der Waals surface area contributed by atoms with Gasteiger partial charge in [0.05, 0.1) is 4.90 Å². The van der Waals surface area contributed by atoms with Crippen LogP contribution >= 0.6 is 7.60 Å². The molecule has 0 radical (unpaired) electrons. The number of benzene rings is 2. The van der Waals surface area contributed by atoms with Crippen molar-refractivity contribution in [2.45, 2.75) is 44.9 Å².